The molecule has 2 aromatic heterocycles. The number of aromatic amines is 2. The number of anilines is 1. The Morgan fingerprint density at radius 3 is 2.52 bits per heavy atom. The molecular formula is C15H17N5O. The minimum Gasteiger partial charge on any atom is -0.369 e. The molecule has 0 aliphatic carbocycles. The average Bonchev–Trinajstić information content (AvgIpc) is 2.81. The molecule has 0 bridgehead atoms. The third-order valence-corrected chi connectivity index (χ3v) is 3.37. The first-order valence-corrected chi connectivity index (χ1v) is 6.71. The fourth-order valence-electron chi connectivity index (χ4n) is 2.40. The topological polar surface area (TPSA) is 100 Å². The van der Waals surface area contributed by atoms with E-state index in [-0.39, 0.29) is 16.9 Å². The van der Waals surface area contributed by atoms with Crippen molar-refractivity contribution in [2.45, 2.75) is 26.2 Å². The lowest BCUT2D eigenvalue weighted by Gasteiger charge is -2.21. The highest BCUT2D eigenvalue weighted by Crippen LogP contribution is 2.31. The lowest BCUT2D eigenvalue weighted by atomic mass is 9.83. The maximum absolute atomic E-state index is 11.9. The van der Waals surface area contributed by atoms with Crippen molar-refractivity contribution in [2.24, 2.45) is 0 Å². The Bertz CT molecular complexity index is 870. The van der Waals surface area contributed by atoms with Gasteiger partial charge in [-0.15, -0.1) is 0 Å². The number of rotatable bonds is 1. The van der Waals surface area contributed by atoms with E-state index in [9.17, 15) is 4.79 Å². The molecule has 0 aliphatic rings. The second kappa shape index (κ2) is 4.44. The molecule has 1 aromatic carbocycles. The van der Waals surface area contributed by atoms with Gasteiger partial charge in [-0.3, -0.25) is 9.78 Å². The van der Waals surface area contributed by atoms with Gasteiger partial charge in [0.05, 0.1) is 0 Å². The number of nitrogen functional groups attached to an aromatic ring is 1. The monoisotopic (exact) mass is 283 g/mol. The first kappa shape index (κ1) is 13.4. The van der Waals surface area contributed by atoms with E-state index >= 15 is 0 Å². The molecule has 4 N–H and O–H groups in total. The molecule has 0 radical (unpaired) electrons. The molecule has 3 rings (SSSR count). The molecule has 0 unspecified atom stereocenters. The second-order valence-corrected chi connectivity index (χ2v) is 6.03. The molecule has 0 amide bonds. The van der Waals surface area contributed by atoms with Crippen LogP contribution in [0.5, 0.6) is 0 Å². The Labute approximate surface area is 121 Å². The summed E-state index contributed by atoms with van der Waals surface area (Å²) < 4.78 is 0. The minimum absolute atomic E-state index is 0.0333. The van der Waals surface area contributed by atoms with Crippen molar-refractivity contribution in [3.05, 3.63) is 40.2 Å². The van der Waals surface area contributed by atoms with Gasteiger partial charge in [0.25, 0.3) is 5.56 Å². The quantitative estimate of drug-likeness (QED) is 0.637. The molecule has 0 aliphatic heterocycles. The van der Waals surface area contributed by atoms with Crippen molar-refractivity contribution < 1.29 is 0 Å². The van der Waals surface area contributed by atoms with Gasteiger partial charge in [-0.2, -0.15) is 4.98 Å². The molecular weight excluding hydrogens is 266 g/mol. The van der Waals surface area contributed by atoms with Crippen molar-refractivity contribution in [2.75, 3.05) is 5.73 Å². The molecule has 3 aromatic rings. The van der Waals surface area contributed by atoms with Gasteiger partial charge in [-0.1, -0.05) is 45.0 Å². The van der Waals surface area contributed by atoms with Gasteiger partial charge in [-0.05, 0) is 11.0 Å². The van der Waals surface area contributed by atoms with E-state index in [0.717, 1.165) is 11.1 Å². The standard InChI is InChI=1S/C15H17N5O/c1-15(2,3)9-7-5-4-6-8(9)11-17-10-12(18-11)19-14(16)20-13(10)21/h4-7H,1-3H3,(H4,16,17,18,19,20,21). The zero-order chi connectivity index (χ0) is 15.2. The van der Waals surface area contributed by atoms with Crippen molar-refractivity contribution in [1.29, 1.82) is 0 Å². The van der Waals surface area contributed by atoms with Gasteiger partial charge in [0, 0.05) is 5.56 Å². The minimum atomic E-state index is -0.315. The molecule has 0 fully saturated rings. The predicted octanol–water partition coefficient (Wildman–Crippen LogP) is 2.19. The largest absolute Gasteiger partial charge is 0.369 e. The van der Waals surface area contributed by atoms with Crippen molar-refractivity contribution in [3.63, 3.8) is 0 Å². The Hall–Kier alpha value is -2.63. The van der Waals surface area contributed by atoms with E-state index in [2.05, 4.69) is 46.8 Å². The number of nitrogens with two attached hydrogens (primary N) is 1. The normalized spacial score (nSPS) is 12.0. The predicted molar refractivity (Wildman–Crippen MR) is 83.1 cm³/mol. The van der Waals surface area contributed by atoms with Gasteiger partial charge in [0.1, 0.15) is 5.82 Å². The molecule has 21 heavy (non-hydrogen) atoms. The first-order chi connectivity index (χ1) is 9.86. The summed E-state index contributed by atoms with van der Waals surface area (Å²) in [5, 5.41) is 0. The summed E-state index contributed by atoms with van der Waals surface area (Å²) in [6.07, 6.45) is 0. The molecule has 108 valence electrons. The van der Waals surface area contributed by atoms with Crippen LogP contribution in [0.4, 0.5) is 5.95 Å². The number of fused-ring (bicyclic) bond motifs is 1. The molecule has 2 heterocycles. The highest BCUT2D eigenvalue weighted by Gasteiger charge is 2.20. The molecule has 6 nitrogen and oxygen atoms in total. The first-order valence-electron chi connectivity index (χ1n) is 6.71. The summed E-state index contributed by atoms with van der Waals surface area (Å²) >= 11 is 0. The molecule has 0 saturated carbocycles. The highest BCUT2D eigenvalue weighted by atomic mass is 16.1. The number of nitrogens with one attached hydrogen (secondary N) is 2. The van der Waals surface area contributed by atoms with Crippen molar-refractivity contribution >= 4 is 17.1 Å². The average molecular weight is 283 g/mol. The number of benzene rings is 1. The van der Waals surface area contributed by atoms with E-state index in [0.29, 0.717) is 17.0 Å². The number of hydrogen-bond acceptors (Lipinski definition) is 4. The summed E-state index contributed by atoms with van der Waals surface area (Å²) in [4.78, 5) is 25.9. The van der Waals surface area contributed by atoms with Crippen molar-refractivity contribution in [3.8, 4) is 11.4 Å². The third kappa shape index (κ3) is 2.29. The zero-order valence-electron chi connectivity index (χ0n) is 12.2. The number of hydrogen-bond donors (Lipinski definition) is 3. The Balaban J connectivity index is 2.27. The van der Waals surface area contributed by atoms with Gasteiger partial charge >= 0.3 is 0 Å². The Morgan fingerprint density at radius 2 is 1.81 bits per heavy atom. The Morgan fingerprint density at radius 1 is 1.10 bits per heavy atom. The van der Waals surface area contributed by atoms with Crippen LogP contribution in [0.15, 0.2) is 29.1 Å². The van der Waals surface area contributed by atoms with Crippen LogP contribution in [0.25, 0.3) is 22.6 Å². The van der Waals surface area contributed by atoms with Crippen molar-refractivity contribution in [1.82, 2.24) is 19.9 Å². The van der Waals surface area contributed by atoms with Crippen LogP contribution in [0.3, 0.4) is 0 Å². The van der Waals surface area contributed by atoms with Crippen LogP contribution in [0, 0.1) is 0 Å². The third-order valence-electron chi connectivity index (χ3n) is 3.37. The van der Waals surface area contributed by atoms with Crippen LogP contribution >= 0.6 is 0 Å². The van der Waals surface area contributed by atoms with E-state index in [1.54, 1.807) is 0 Å². The zero-order valence-corrected chi connectivity index (χ0v) is 12.2. The van der Waals surface area contributed by atoms with E-state index in [1.165, 1.54) is 0 Å². The molecule has 6 heteroatoms. The summed E-state index contributed by atoms with van der Waals surface area (Å²) in [6, 6.07) is 7.99. The summed E-state index contributed by atoms with van der Waals surface area (Å²) in [5.74, 6) is 0.689. The van der Waals surface area contributed by atoms with E-state index in [1.807, 2.05) is 18.2 Å². The van der Waals surface area contributed by atoms with Crippen LogP contribution in [-0.4, -0.2) is 19.9 Å². The van der Waals surface area contributed by atoms with E-state index < -0.39 is 0 Å². The number of aromatic nitrogens is 4. The SMILES string of the molecule is CC(C)(C)c1ccccc1-c1nc2nc(N)[nH]c(=O)c2[nH]1. The van der Waals surface area contributed by atoms with Gasteiger partial charge in [0.15, 0.2) is 11.2 Å². The van der Waals surface area contributed by atoms with Crippen LogP contribution in [0.2, 0.25) is 0 Å². The smallest absolute Gasteiger partial charge is 0.278 e. The van der Waals surface area contributed by atoms with Gasteiger partial charge < -0.3 is 10.7 Å². The molecule has 0 saturated heterocycles. The van der Waals surface area contributed by atoms with Gasteiger partial charge in [0.2, 0.25) is 5.95 Å². The fraction of sp³-hybridized carbons (Fsp3) is 0.267. The second-order valence-electron chi connectivity index (χ2n) is 6.03. The van der Waals surface area contributed by atoms with E-state index in [4.69, 9.17) is 5.73 Å². The lowest BCUT2D eigenvalue weighted by Crippen LogP contribution is -2.12. The molecule has 0 spiro atoms. The summed E-state index contributed by atoms with van der Waals surface area (Å²) in [7, 11) is 0. The maximum atomic E-state index is 11.9. The van der Waals surface area contributed by atoms with Crippen LogP contribution in [0.1, 0.15) is 26.3 Å². The fourth-order valence-corrected chi connectivity index (χ4v) is 2.40. The number of nitrogens with zero attached hydrogens (tertiary/aromatic N) is 2. The Kier molecular flexibility index (Phi) is 2.83. The number of H-pyrrole nitrogens is 2. The maximum Gasteiger partial charge on any atom is 0.278 e. The summed E-state index contributed by atoms with van der Waals surface area (Å²) in [5.41, 5.74) is 7.97. The van der Waals surface area contributed by atoms with Crippen LogP contribution in [-0.2, 0) is 5.41 Å². The molecule has 0 atom stereocenters. The highest BCUT2D eigenvalue weighted by molar-refractivity contribution is 5.77. The number of imidazole rings is 1. The summed E-state index contributed by atoms with van der Waals surface area (Å²) in [6.45, 7) is 6.41. The van der Waals surface area contributed by atoms with Crippen LogP contribution < -0.4 is 11.3 Å². The van der Waals surface area contributed by atoms with Gasteiger partial charge in [-0.25, -0.2) is 4.98 Å². The lowest BCUT2D eigenvalue weighted by molar-refractivity contribution is 0.591.